The normalized spacial score (nSPS) is 13.2. The fourth-order valence-corrected chi connectivity index (χ4v) is 7.20. The molecule has 0 fully saturated rings. The van der Waals surface area contributed by atoms with Gasteiger partial charge < -0.3 is 4.42 Å². The van der Waals surface area contributed by atoms with Crippen LogP contribution >= 0.6 is 0 Å². The largest absolute Gasteiger partial charge is 0.456 e. The molecule has 9 rings (SSSR count). The van der Waals surface area contributed by atoms with E-state index in [1.165, 1.54) is 44.2 Å². The SMILES string of the molecule is CC1(C)c2cc(-c3ccc(-c4cc(-c5ccccc5)nc(-c5ccccc5)n4)cc3)ccc2-c2ccc3oc4ccccc4c3c21. The van der Waals surface area contributed by atoms with Gasteiger partial charge in [0.1, 0.15) is 11.2 Å². The van der Waals surface area contributed by atoms with Gasteiger partial charge in [-0.05, 0) is 57.6 Å². The summed E-state index contributed by atoms with van der Waals surface area (Å²) < 4.78 is 6.27. The van der Waals surface area contributed by atoms with Gasteiger partial charge in [-0.3, -0.25) is 0 Å². The molecule has 46 heavy (non-hydrogen) atoms. The van der Waals surface area contributed by atoms with Crippen molar-refractivity contribution in [2.24, 2.45) is 0 Å². The molecule has 0 unspecified atom stereocenters. The van der Waals surface area contributed by atoms with Crippen LogP contribution in [0.5, 0.6) is 0 Å². The van der Waals surface area contributed by atoms with Crippen molar-refractivity contribution >= 4 is 21.9 Å². The van der Waals surface area contributed by atoms with Crippen LogP contribution in [0.3, 0.4) is 0 Å². The number of fused-ring (bicyclic) bond motifs is 7. The van der Waals surface area contributed by atoms with Crippen LogP contribution in [0.15, 0.2) is 150 Å². The Morgan fingerprint density at radius 2 is 1.07 bits per heavy atom. The number of aromatic nitrogens is 2. The maximum absolute atomic E-state index is 6.27. The average molecular weight is 591 g/mol. The lowest BCUT2D eigenvalue weighted by atomic mass is 9.80. The highest BCUT2D eigenvalue weighted by Crippen LogP contribution is 2.53. The van der Waals surface area contributed by atoms with Gasteiger partial charge in [0.05, 0.1) is 11.4 Å². The molecule has 1 aliphatic rings. The lowest BCUT2D eigenvalue weighted by Crippen LogP contribution is -2.15. The summed E-state index contributed by atoms with van der Waals surface area (Å²) in [7, 11) is 0. The number of para-hydroxylation sites is 1. The first-order valence-electron chi connectivity index (χ1n) is 15.7. The molecule has 0 spiro atoms. The Balaban J connectivity index is 1.11. The third kappa shape index (κ3) is 4.13. The van der Waals surface area contributed by atoms with E-state index >= 15 is 0 Å². The summed E-state index contributed by atoms with van der Waals surface area (Å²) in [6.45, 7) is 4.69. The van der Waals surface area contributed by atoms with Crippen molar-refractivity contribution in [3.63, 3.8) is 0 Å². The summed E-state index contributed by atoms with van der Waals surface area (Å²) in [6.07, 6.45) is 0. The summed E-state index contributed by atoms with van der Waals surface area (Å²) >= 11 is 0. The van der Waals surface area contributed by atoms with Crippen LogP contribution in [0.1, 0.15) is 25.0 Å². The van der Waals surface area contributed by atoms with Crippen molar-refractivity contribution in [2.75, 3.05) is 0 Å². The second-order valence-corrected chi connectivity index (χ2v) is 12.6. The first-order valence-corrected chi connectivity index (χ1v) is 15.7. The Labute approximate surface area is 267 Å². The molecule has 2 heterocycles. The Hall–Kier alpha value is -5.80. The van der Waals surface area contributed by atoms with Gasteiger partial charge in [-0.1, -0.05) is 135 Å². The first kappa shape index (κ1) is 26.6. The molecule has 3 heteroatoms. The van der Waals surface area contributed by atoms with Crippen molar-refractivity contribution in [3.05, 3.63) is 157 Å². The molecule has 1 aliphatic carbocycles. The molecule has 0 bridgehead atoms. The molecule has 6 aromatic carbocycles. The highest BCUT2D eigenvalue weighted by molar-refractivity contribution is 6.11. The standard InChI is InChI=1S/C43H30N2O/c1-43(2)35-25-31(21-22-32(35)33-23-24-39-40(41(33)43)34-15-9-10-16-38(34)46-39)27-17-19-29(20-18-27)37-26-36(28-11-5-3-6-12-28)44-42(45-37)30-13-7-4-8-14-30/h3-26H,1-2H3. The van der Waals surface area contributed by atoms with Crippen LogP contribution in [0.4, 0.5) is 0 Å². The molecule has 0 N–H and O–H groups in total. The monoisotopic (exact) mass is 590 g/mol. The van der Waals surface area contributed by atoms with E-state index in [-0.39, 0.29) is 5.41 Å². The van der Waals surface area contributed by atoms with E-state index in [2.05, 4.69) is 117 Å². The predicted molar refractivity (Wildman–Crippen MR) is 189 cm³/mol. The summed E-state index contributed by atoms with van der Waals surface area (Å²) in [5.41, 5.74) is 14.3. The molecule has 8 aromatic rings. The second-order valence-electron chi connectivity index (χ2n) is 12.6. The van der Waals surface area contributed by atoms with E-state index in [0.717, 1.165) is 45.1 Å². The third-order valence-corrected chi connectivity index (χ3v) is 9.49. The number of rotatable bonds is 4. The van der Waals surface area contributed by atoms with Gasteiger partial charge in [0.15, 0.2) is 5.82 Å². The first-order chi connectivity index (χ1) is 22.5. The molecule has 0 aliphatic heterocycles. The molecule has 3 nitrogen and oxygen atoms in total. The fraction of sp³-hybridized carbons (Fsp3) is 0.0698. The minimum atomic E-state index is -0.171. The number of benzene rings is 6. The van der Waals surface area contributed by atoms with Gasteiger partial charge in [0.2, 0.25) is 0 Å². The minimum Gasteiger partial charge on any atom is -0.456 e. The van der Waals surface area contributed by atoms with Crippen molar-refractivity contribution in [1.82, 2.24) is 9.97 Å². The smallest absolute Gasteiger partial charge is 0.160 e. The molecular formula is C43H30N2O. The van der Waals surface area contributed by atoms with E-state index in [0.29, 0.717) is 0 Å². The molecule has 0 saturated heterocycles. The summed E-state index contributed by atoms with van der Waals surface area (Å²) in [4.78, 5) is 9.96. The van der Waals surface area contributed by atoms with Crippen LogP contribution in [0.25, 0.3) is 78.1 Å². The lowest BCUT2D eigenvalue weighted by molar-refractivity contribution is 0.657. The maximum atomic E-state index is 6.27. The third-order valence-electron chi connectivity index (χ3n) is 9.49. The van der Waals surface area contributed by atoms with Gasteiger partial charge >= 0.3 is 0 Å². The van der Waals surface area contributed by atoms with Gasteiger partial charge in [-0.15, -0.1) is 0 Å². The van der Waals surface area contributed by atoms with Gasteiger partial charge in [-0.25, -0.2) is 9.97 Å². The zero-order valence-electron chi connectivity index (χ0n) is 25.7. The summed E-state index contributed by atoms with van der Waals surface area (Å²) in [5.74, 6) is 0.723. The van der Waals surface area contributed by atoms with E-state index in [4.69, 9.17) is 14.4 Å². The zero-order valence-corrected chi connectivity index (χ0v) is 25.7. The number of nitrogens with zero attached hydrogens (tertiary/aromatic N) is 2. The highest BCUT2D eigenvalue weighted by Gasteiger charge is 2.38. The molecule has 0 radical (unpaired) electrons. The number of furan rings is 1. The quantitative estimate of drug-likeness (QED) is 0.205. The van der Waals surface area contributed by atoms with Crippen molar-refractivity contribution in [3.8, 4) is 56.2 Å². The zero-order chi connectivity index (χ0) is 30.8. The second kappa shape index (κ2) is 10.1. The average Bonchev–Trinajstić information content (AvgIpc) is 3.60. The van der Waals surface area contributed by atoms with E-state index in [9.17, 15) is 0 Å². The van der Waals surface area contributed by atoms with Gasteiger partial charge in [0, 0.05) is 32.9 Å². The molecule has 0 amide bonds. The number of hydrogen-bond acceptors (Lipinski definition) is 3. The summed E-state index contributed by atoms with van der Waals surface area (Å²) in [5, 5.41) is 2.41. The predicted octanol–water partition coefficient (Wildman–Crippen LogP) is 11.4. The molecule has 2 aromatic heterocycles. The van der Waals surface area contributed by atoms with Crippen LogP contribution in [0.2, 0.25) is 0 Å². The number of hydrogen-bond donors (Lipinski definition) is 0. The lowest BCUT2D eigenvalue weighted by Gasteiger charge is -2.23. The minimum absolute atomic E-state index is 0.171. The molecule has 218 valence electrons. The van der Waals surface area contributed by atoms with Crippen LogP contribution < -0.4 is 0 Å². The van der Waals surface area contributed by atoms with E-state index in [1.54, 1.807) is 0 Å². The van der Waals surface area contributed by atoms with Crippen molar-refractivity contribution in [2.45, 2.75) is 19.3 Å². The molecular weight excluding hydrogens is 560 g/mol. The van der Waals surface area contributed by atoms with Crippen molar-refractivity contribution in [1.29, 1.82) is 0 Å². The highest BCUT2D eigenvalue weighted by atomic mass is 16.3. The van der Waals surface area contributed by atoms with Crippen LogP contribution in [-0.4, -0.2) is 9.97 Å². The fourth-order valence-electron chi connectivity index (χ4n) is 7.20. The van der Waals surface area contributed by atoms with E-state index < -0.39 is 0 Å². The topological polar surface area (TPSA) is 38.9 Å². The Morgan fingerprint density at radius 3 is 1.80 bits per heavy atom. The van der Waals surface area contributed by atoms with Gasteiger partial charge in [0.25, 0.3) is 0 Å². The Bertz CT molecular complexity index is 2360. The van der Waals surface area contributed by atoms with E-state index in [1.807, 2.05) is 42.5 Å². The molecule has 0 atom stereocenters. The maximum Gasteiger partial charge on any atom is 0.160 e. The van der Waals surface area contributed by atoms with Gasteiger partial charge in [-0.2, -0.15) is 0 Å². The Kier molecular flexibility index (Phi) is 5.85. The van der Waals surface area contributed by atoms with Crippen LogP contribution in [-0.2, 0) is 5.41 Å². The summed E-state index contributed by atoms with van der Waals surface area (Å²) in [6, 6.07) is 51.0. The van der Waals surface area contributed by atoms with Crippen molar-refractivity contribution < 1.29 is 4.42 Å². The Morgan fingerprint density at radius 1 is 0.478 bits per heavy atom. The van der Waals surface area contributed by atoms with Crippen LogP contribution in [0, 0.1) is 0 Å². The molecule has 0 saturated carbocycles.